The monoisotopic (exact) mass is 411 g/mol. The highest BCUT2D eigenvalue weighted by atomic mass is 19.3. The molecule has 154 valence electrons. The summed E-state index contributed by atoms with van der Waals surface area (Å²) in [4.78, 5) is 4.09. The maximum Gasteiger partial charge on any atom is 0.314 e. The lowest BCUT2D eigenvalue weighted by Crippen LogP contribution is -2.11. The molecule has 1 aromatic carbocycles. The van der Waals surface area contributed by atoms with Crippen LogP contribution >= 0.6 is 0 Å². The van der Waals surface area contributed by atoms with E-state index >= 15 is 0 Å². The number of hydrogen-bond donors (Lipinski definition) is 1. The number of benzene rings is 1. The van der Waals surface area contributed by atoms with E-state index in [0.29, 0.717) is 17.1 Å². The van der Waals surface area contributed by atoms with E-state index in [-0.39, 0.29) is 11.9 Å². The Bertz CT molecular complexity index is 1110. The molecule has 1 atom stereocenters. The number of pyridine rings is 1. The molecular formula is C20H19F2N7O. The number of alkyl halides is 2. The molecule has 10 heteroatoms. The SMILES string of the molecule is CCCC(c1ccc(-c2nnc(C(F)F)o2)cc1)n1cc(-c2ccc(N)nc2)nn1. The molecule has 1 unspecified atom stereocenters. The molecule has 0 bridgehead atoms. The average molecular weight is 411 g/mol. The lowest BCUT2D eigenvalue weighted by Gasteiger charge is -2.16. The third kappa shape index (κ3) is 4.02. The maximum absolute atomic E-state index is 12.7. The first-order valence-electron chi connectivity index (χ1n) is 9.40. The van der Waals surface area contributed by atoms with Gasteiger partial charge >= 0.3 is 6.43 Å². The molecule has 0 aliphatic heterocycles. The van der Waals surface area contributed by atoms with Crippen molar-refractivity contribution in [2.45, 2.75) is 32.2 Å². The van der Waals surface area contributed by atoms with Gasteiger partial charge in [0.2, 0.25) is 5.89 Å². The quantitative estimate of drug-likeness (QED) is 0.483. The van der Waals surface area contributed by atoms with Crippen LogP contribution in [-0.2, 0) is 0 Å². The molecule has 0 saturated carbocycles. The van der Waals surface area contributed by atoms with E-state index in [9.17, 15) is 8.78 Å². The van der Waals surface area contributed by atoms with Crippen molar-refractivity contribution in [3.63, 3.8) is 0 Å². The predicted molar refractivity (Wildman–Crippen MR) is 105 cm³/mol. The molecule has 0 spiro atoms. The van der Waals surface area contributed by atoms with Crippen molar-refractivity contribution in [2.75, 3.05) is 5.73 Å². The normalized spacial score (nSPS) is 12.4. The van der Waals surface area contributed by atoms with Crippen molar-refractivity contribution in [2.24, 2.45) is 0 Å². The lowest BCUT2D eigenvalue weighted by atomic mass is 10.0. The van der Waals surface area contributed by atoms with Crippen LogP contribution in [0.1, 0.15) is 43.7 Å². The largest absolute Gasteiger partial charge is 0.415 e. The Hall–Kier alpha value is -3.69. The molecule has 0 aliphatic carbocycles. The molecule has 0 fully saturated rings. The number of halogens is 2. The van der Waals surface area contributed by atoms with Crippen LogP contribution in [0.25, 0.3) is 22.7 Å². The summed E-state index contributed by atoms with van der Waals surface area (Å²) < 4.78 is 32.1. The van der Waals surface area contributed by atoms with Gasteiger partial charge in [-0.05, 0) is 36.2 Å². The van der Waals surface area contributed by atoms with Crippen LogP contribution in [0.4, 0.5) is 14.6 Å². The number of nitrogen functional groups attached to an aromatic ring is 1. The average Bonchev–Trinajstić information content (AvgIpc) is 3.43. The van der Waals surface area contributed by atoms with Gasteiger partial charge in [0.1, 0.15) is 11.5 Å². The van der Waals surface area contributed by atoms with Crippen molar-refractivity contribution in [1.82, 2.24) is 30.2 Å². The highest BCUT2D eigenvalue weighted by Gasteiger charge is 2.19. The van der Waals surface area contributed by atoms with Crippen LogP contribution in [0, 0.1) is 0 Å². The van der Waals surface area contributed by atoms with Gasteiger partial charge in [-0.25, -0.2) is 9.67 Å². The third-order valence-corrected chi connectivity index (χ3v) is 4.64. The highest BCUT2D eigenvalue weighted by Crippen LogP contribution is 2.28. The fourth-order valence-electron chi connectivity index (χ4n) is 3.13. The van der Waals surface area contributed by atoms with Crippen LogP contribution < -0.4 is 5.73 Å². The fraction of sp³-hybridized carbons (Fsp3) is 0.250. The van der Waals surface area contributed by atoms with Crippen molar-refractivity contribution in [3.8, 4) is 22.7 Å². The summed E-state index contributed by atoms with van der Waals surface area (Å²) >= 11 is 0. The number of hydrogen-bond acceptors (Lipinski definition) is 7. The van der Waals surface area contributed by atoms with Crippen LogP contribution in [0.5, 0.6) is 0 Å². The first kappa shape index (κ1) is 19.6. The molecule has 0 aliphatic rings. The Morgan fingerprint density at radius 3 is 2.43 bits per heavy atom. The summed E-state index contributed by atoms with van der Waals surface area (Å²) in [6, 6.07) is 10.9. The Kier molecular flexibility index (Phi) is 5.46. The van der Waals surface area contributed by atoms with E-state index in [4.69, 9.17) is 10.2 Å². The van der Waals surface area contributed by atoms with Gasteiger partial charge in [0.25, 0.3) is 5.89 Å². The van der Waals surface area contributed by atoms with Gasteiger partial charge in [-0.3, -0.25) is 0 Å². The van der Waals surface area contributed by atoms with Gasteiger partial charge in [-0.15, -0.1) is 15.3 Å². The summed E-state index contributed by atoms with van der Waals surface area (Å²) in [6.45, 7) is 2.09. The van der Waals surface area contributed by atoms with E-state index in [1.54, 1.807) is 24.4 Å². The molecular weight excluding hydrogens is 392 g/mol. The summed E-state index contributed by atoms with van der Waals surface area (Å²) in [5, 5.41) is 15.6. The molecule has 3 heterocycles. The number of nitrogens with two attached hydrogens (primary N) is 1. The van der Waals surface area contributed by atoms with E-state index in [1.165, 1.54) is 0 Å². The standard InChI is InChI=1S/C20H19F2N7O/c1-2-3-16(29-11-15(25-28-29)14-8-9-17(23)24-10-14)12-4-6-13(7-5-12)19-26-27-20(30-19)18(21)22/h4-11,16,18H,2-3H2,1H3,(H2,23,24). The van der Waals surface area contributed by atoms with E-state index < -0.39 is 12.3 Å². The maximum atomic E-state index is 12.7. The van der Waals surface area contributed by atoms with Gasteiger partial charge in [-0.1, -0.05) is 30.7 Å². The van der Waals surface area contributed by atoms with Crippen LogP contribution in [0.3, 0.4) is 0 Å². The van der Waals surface area contributed by atoms with Crippen molar-refractivity contribution in [1.29, 1.82) is 0 Å². The van der Waals surface area contributed by atoms with Gasteiger partial charge in [-0.2, -0.15) is 8.78 Å². The highest BCUT2D eigenvalue weighted by molar-refractivity contribution is 5.58. The van der Waals surface area contributed by atoms with Crippen molar-refractivity contribution >= 4 is 5.82 Å². The zero-order chi connectivity index (χ0) is 21.1. The van der Waals surface area contributed by atoms with Crippen LogP contribution in [0.15, 0.2) is 53.2 Å². The first-order valence-corrected chi connectivity index (χ1v) is 9.40. The predicted octanol–water partition coefficient (Wildman–Crippen LogP) is 4.30. The summed E-state index contributed by atoms with van der Waals surface area (Å²) in [5.41, 5.74) is 8.74. The molecule has 4 rings (SSSR count). The Morgan fingerprint density at radius 1 is 1.03 bits per heavy atom. The van der Waals surface area contributed by atoms with E-state index in [1.807, 2.05) is 29.1 Å². The first-order chi connectivity index (χ1) is 14.5. The van der Waals surface area contributed by atoms with Gasteiger partial charge in [0, 0.05) is 17.3 Å². The second-order valence-electron chi connectivity index (χ2n) is 6.73. The Balaban J connectivity index is 1.59. The van der Waals surface area contributed by atoms with E-state index in [2.05, 4.69) is 32.4 Å². The molecule has 4 aromatic rings. The lowest BCUT2D eigenvalue weighted by molar-refractivity contribution is 0.116. The number of anilines is 1. The molecule has 3 aromatic heterocycles. The smallest absolute Gasteiger partial charge is 0.314 e. The zero-order valence-electron chi connectivity index (χ0n) is 16.1. The molecule has 0 amide bonds. The Morgan fingerprint density at radius 2 is 1.80 bits per heavy atom. The van der Waals surface area contributed by atoms with Gasteiger partial charge in [0.05, 0.1) is 12.2 Å². The summed E-state index contributed by atoms with van der Waals surface area (Å²) in [7, 11) is 0. The molecule has 8 nitrogen and oxygen atoms in total. The molecule has 0 radical (unpaired) electrons. The minimum absolute atomic E-state index is 0.0358. The number of rotatable bonds is 7. The Labute approximate surface area is 170 Å². The van der Waals surface area contributed by atoms with Crippen molar-refractivity contribution < 1.29 is 13.2 Å². The zero-order valence-corrected chi connectivity index (χ0v) is 16.1. The van der Waals surface area contributed by atoms with Gasteiger partial charge < -0.3 is 10.2 Å². The van der Waals surface area contributed by atoms with Crippen LogP contribution in [0.2, 0.25) is 0 Å². The summed E-state index contributed by atoms with van der Waals surface area (Å²) in [6.07, 6.45) is 2.52. The third-order valence-electron chi connectivity index (χ3n) is 4.64. The number of aromatic nitrogens is 6. The van der Waals surface area contributed by atoms with Gasteiger partial charge in [0.15, 0.2) is 0 Å². The second kappa shape index (κ2) is 8.36. The molecule has 0 saturated heterocycles. The molecule has 2 N–H and O–H groups in total. The minimum Gasteiger partial charge on any atom is -0.415 e. The topological polar surface area (TPSA) is 109 Å². The fourth-order valence-corrected chi connectivity index (χ4v) is 3.13. The minimum atomic E-state index is -2.79. The van der Waals surface area contributed by atoms with Crippen molar-refractivity contribution in [3.05, 3.63) is 60.2 Å². The molecule has 30 heavy (non-hydrogen) atoms. The number of nitrogens with zero attached hydrogens (tertiary/aromatic N) is 6. The summed E-state index contributed by atoms with van der Waals surface area (Å²) in [5.74, 6) is -0.190. The van der Waals surface area contributed by atoms with E-state index in [0.717, 1.165) is 24.0 Å². The second-order valence-corrected chi connectivity index (χ2v) is 6.73. The van der Waals surface area contributed by atoms with Crippen LogP contribution in [-0.4, -0.2) is 30.2 Å².